The van der Waals surface area contributed by atoms with Crippen molar-refractivity contribution >= 4 is 29.9 Å². The number of aliphatic hydroxyl groups excluding tert-OH is 1. The zero-order valence-corrected chi connectivity index (χ0v) is 16.1. The molecule has 0 amide bonds. The average Bonchev–Trinajstić information content (AvgIpc) is 2.55. The van der Waals surface area contributed by atoms with Crippen molar-refractivity contribution in [1.29, 1.82) is 5.26 Å². The number of hydrogen-bond acceptors (Lipinski definition) is 3. The summed E-state index contributed by atoms with van der Waals surface area (Å²) in [6.07, 6.45) is 3.19. The summed E-state index contributed by atoms with van der Waals surface area (Å²) in [7, 11) is 0. The molecule has 5 nitrogen and oxygen atoms in total. The molecule has 1 fully saturated rings. The van der Waals surface area contributed by atoms with E-state index in [0.717, 1.165) is 32.2 Å². The van der Waals surface area contributed by atoms with Crippen molar-refractivity contribution in [3.8, 4) is 6.07 Å². The number of aliphatic imine (C=N–C) groups is 1. The fraction of sp³-hybridized carbons (Fsp3) is 0.529. The van der Waals surface area contributed by atoms with Gasteiger partial charge in [0.1, 0.15) is 5.82 Å². The molecule has 0 spiro atoms. The van der Waals surface area contributed by atoms with Crippen molar-refractivity contribution < 1.29 is 9.50 Å². The van der Waals surface area contributed by atoms with Crippen LogP contribution in [0.4, 0.5) is 4.39 Å². The van der Waals surface area contributed by atoms with Crippen LogP contribution in [0.25, 0.3) is 0 Å². The third-order valence-corrected chi connectivity index (χ3v) is 3.97. The molecule has 2 rings (SSSR count). The van der Waals surface area contributed by atoms with Crippen molar-refractivity contribution in [2.75, 3.05) is 6.54 Å². The monoisotopic (exact) mass is 446 g/mol. The van der Waals surface area contributed by atoms with Crippen LogP contribution in [0.1, 0.15) is 43.7 Å². The zero-order valence-electron chi connectivity index (χ0n) is 13.8. The lowest BCUT2D eigenvalue weighted by molar-refractivity contribution is 0.120. The molecule has 0 bridgehead atoms. The van der Waals surface area contributed by atoms with Crippen LogP contribution < -0.4 is 10.6 Å². The van der Waals surface area contributed by atoms with Crippen molar-refractivity contribution in [2.24, 2.45) is 4.99 Å². The molecule has 0 aliphatic heterocycles. The molecule has 0 heterocycles. The molecule has 1 saturated carbocycles. The van der Waals surface area contributed by atoms with Gasteiger partial charge in [0.05, 0.1) is 24.3 Å². The fourth-order valence-corrected chi connectivity index (χ4v) is 2.64. The summed E-state index contributed by atoms with van der Waals surface area (Å²) in [4.78, 5) is 4.42. The topological polar surface area (TPSA) is 80.4 Å². The predicted octanol–water partition coefficient (Wildman–Crippen LogP) is 2.67. The van der Waals surface area contributed by atoms with Crippen molar-refractivity contribution in [3.05, 3.63) is 35.1 Å². The quantitative estimate of drug-likeness (QED) is 0.378. The van der Waals surface area contributed by atoms with Gasteiger partial charge in [0.15, 0.2) is 5.96 Å². The Hall–Kier alpha value is -1.40. The Morgan fingerprint density at radius 3 is 2.67 bits per heavy atom. The van der Waals surface area contributed by atoms with E-state index in [0.29, 0.717) is 17.1 Å². The number of rotatable bonds is 4. The van der Waals surface area contributed by atoms with Gasteiger partial charge in [-0.25, -0.2) is 9.38 Å². The highest BCUT2D eigenvalue weighted by atomic mass is 127. The molecule has 1 aromatic rings. The summed E-state index contributed by atoms with van der Waals surface area (Å²) in [6.45, 7) is 2.91. The Morgan fingerprint density at radius 1 is 1.38 bits per heavy atom. The van der Waals surface area contributed by atoms with E-state index in [1.165, 1.54) is 6.07 Å². The van der Waals surface area contributed by atoms with Gasteiger partial charge >= 0.3 is 0 Å². The van der Waals surface area contributed by atoms with Crippen LogP contribution in [0.5, 0.6) is 0 Å². The van der Waals surface area contributed by atoms with Crippen LogP contribution in [0, 0.1) is 17.1 Å². The van der Waals surface area contributed by atoms with Crippen molar-refractivity contribution in [3.63, 3.8) is 0 Å². The van der Waals surface area contributed by atoms with E-state index in [1.54, 1.807) is 12.1 Å². The highest BCUT2D eigenvalue weighted by molar-refractivity contribution is 14.0. The second kappa shape index (κ2) is 10.5. The van der Waals surface area contributed by atoms with Gasteiger partial charge in [-0.05, 0) is 44.7 Å². The molecule has 0 radical (unpaired) electrons. The molecule has 0 aromatic heterocycles. The van der Waals surface area contributed by atoms with E-state index in [4.69, 9.17) is 5.26 Å². The maximum Gasteiger partial charge on any atom is 0.191 e. The minimum absolute atomic E-state index is 0. The predicted molar refractivity (Wildman–Crippen MR) is 103 cm³/mol. The van der Waals surface area contributed by atoms with E-state index in [9.17, 15) is 9.50 Å². The first kappa shape index (κ1) is 20.6. The molecule has 0 saturated heterocycles. The number of nitrogens with one attached hydrogen (secondary N) is 2. The standard InChI is InChI=1S/C17H23FN4O.HI/c1-2-20-17(22-14-5-7-15(23)8-6-14)21-11-13-4-3-12(10-19)9-16(13)18;/h3-4,9,14-15,23H,2,5-8,11H2,1H3,(H2,20,21,22);1H. The van der Waals surface area contributed by atoms with Gasteiger partial charge in [-0.15, -0.1) is 24.0 Å². The first-order chi connectivity index (χ1) is 11.1. The van der Waals surface area contributed by atoms with Crippen LogP contribution in [-0.2, 0) is 6.54 Å². The number of guanidine groups is 1. The number of nitrogens with zero attached hydrogens (tertiary/aromatic N) is 2. The maximum absolute atomic E-state index is 13.9. The Balaban J connectivity index is 0.00000288. The van der Waals surface area contributed by atoms with Gasteiger partial charge in [-0.2, -0.15) is 5.26 Å². The van der Waals surface area contributed by atoms with Gasteiger partial charge in [-0.1, -0.05) is 6.07 Å². The molecule has 0 atom stereocenters. The van der Waals surface area contributed by atoms with Gasteiger partial charge in [0, 0.05) is 18.2 Å². The summed E-state index contributed by atoms with van der Waals surface area (Å²) in [5.74, 6) is 0.238. The summed E-state index contributed by atoms with van der Waals surface area (Å²) < 4.78 is 13.9. The highest BCUT2D eigenvalue weighted by Crippen LogP contribution is 2.18. The molecular formula is C17H24FIN4O. The summed E-state index contributed by atoms with van der Waals surface area (Å²) >= 11 is 0. The molecule has 3 N–H and O–H groups in total. The number of benzene rings is 1. The third-order valence-electron chi connectivity index (χ3n) is 3.97. The number of hydrogen-bond donors (Lipinski definition) is 3. The molecule has 24 heavy (non-hydrogen) atoms. The Labute approximate surface area is 159 Å². The molecule has 7 heteroatoms. The summed E-state index contributed by atoms with van der Waals surface area (Å²) in [5, 5.41) is 24.8. The van der Waals surface area contributed by atoms with Crippen LogP contribution in [0.2, 0.25) is 0 Å². The van der Waals surface area contributed by atoms with E-state index < -0.39 is 5.82 Å². The van der Waals surface area contributed by atoms with E-state index in [2.05, 4.69) is 15.6 Å². The lowest BCUT2D eigenvalue weighted by Crippen LogP contribution is -2.45. The van der Waals surface area contributed by atoms with E-state index >= 15 is 0 Å². The second-order valence-corrected chi connectivity index (χ2v) is 5.76. The smallest absolute Gasteiger partial charge is 0.191 e. The largest absolute Gasteiger partial charge is 0.393 e. The average molecular weight is 446 g/mol. The second-order valence-electron chi connectivity index (χ2n) is 5.76. The molecular weight excluding hydrogens is 422 g/mol. The first-order valence-electron chi connectivity index (χ1n) is 8.03. The first-order valence-corrected chi connectivity index (χ1v) is 8.03. The van der Waals surface area contributed by atoms with E-state index in [-0.39, 0.29) is 42.7 Å². The summed E-state index contributed by atoms with van der Waals surface area (Å²) in [5.41, 5.74) is 0.765. The minimum atomic E-state index is -0.413. The van der Waals surface area contributed by atoms with Crippen molar-refractivity contribution in [1.82, 2.24) is 10.6 Å². The number of nitriles is 1. The van der Waals surface area contributed by atoms with Gasteiger partial charge in [0.2, 0.25) is 0 Å². The Morgan fingerprint density at radius 2 is 2.08 bits per heavy atom. The number of aliphatic hydroxyl groups is 1. The SMILES string of the molecule is CCNC(=NCc1ccc(C#N)cc1F)NC1CCC(O)CC1.I. The molecule has 132 valence electrons. The Bertz CT molecular complexity index is 595. The van der Waals surface area contributed by atoms with Gasteiger partial charge < -0.3 is 15.7 Å². The lowest BCUT2D eigenvalue weighted by Gasteiger charge is -2.27. The molecule has 1 aliphatic carbocycles. The molecule has 1 aromatic carbocycles. The minimum Gasteiger partial charge on any atom is -0.393 e. The third kappa shape index (κ3) is 6.24. The van der Waals surface area contributed by atoms with Crippen LogP contribution >= 0.6 is 24.0 Å². The van der Waals surface area contributed by atoms with Crippen LogP contribution in [0.15, 0.2) is 23.2 Å². The van der Waals surface area contributed by atoms with Gasteiger partial charge in [0.25, 0.3) is 0 Å². The van der Waals surface area contributed by atoms with Crippen LogP contribution in [-0.4, -0.2) is 29.8 Å². The van der Waals surface area contributed by atoms with E-state index in [1.807, 2.05) is 13.0 Å². The highest BCUT2D eigenvalue weighted by Gasteiger charge is 2.19. The fourth-order valence-electron chi connectivity index (χ4n) is 2.64. The van der Waals surface area contributed by atoms with Crippen LogP contribution in [0.3, 0.4) is 0 Å². The zero-order chi connectivity index (χ0) is 16.7. The Kier molecular flexibility index (Phi) is 9.00. The maximum atomic E-state index is 13.9. The molecule has 0 unspecified atom stereocenters. The van der Waals surface area contributed by atoms with Crippen molar-refractivity contribution in [2.45, 2.75) is 51.3 Å². The molecule has 1 aliphatic rings. The lowest BCUT2D eigenvalue weighted by atomic mass is 9.93. The van der Waals surface area contributed by atoms with Gasteiger partial charge in [-0.3, -0.25) is 0 Å². The number of halogens is 2. The normalized spacial score (nSPS) is 20.7. The summed E-state index contributed by atoms with van der Waals surface area (Å²) in [6, 6.07) is 6.62.